The molecule has 0 bridgehead atoms. The summed E-state index contributed by atoms with van der Waals surface area (Å²) in [7, 11) is -3.12. The van der Waals surface area contributed by atoms with Crippen LogP contribution in [0.25, 0.3) is 0 Å². The lowest BCUT2D eigenvalue weighted by atomic mass is 10.1. The number of hydrogen-bond acceptors (Lipinski definition) is 5. The number of rotatable bonds is 4. The van der Waals surface area contributed by atoms with Crippen molar-refractivity contribution in [1.29, 1.82) is 0 Å². The largest absolute Gasteiger partial charge is 0.480 e. The van der Waals surface area contributed by atoms with E-state index in [1.807, 2.05) is 0 Å². The number of nitrogens with zero attached hydrogens (tertiary/aromatic N) is 1. The third-order valence-electron chi connectivity index (χ3n) is 3.06. The molecule has 6 nitrogen and oxygen atoms in total. The van der Waals surface area contributed by atoms with Crippen LogP contribution in [0.15, 0.2) is 24.3 Å². The summed E-state index contributed by atoms with van der Waals surface area (Å²) in [6.45, 7) is 0. The van der Waals surface area contributed by atoms with E-state index in [1.54, 1.807) is 12.1 Å². The van der Waals surface area contributed by atoms with E-state index in [4.69, 9.17) is 5.11 Å². The fraction of sp³-hybridized carbons (Fsp3) is 0.385. The molecule has 0 aliphatic carbocycles. The molecule has 1 amide bonds. The van der Waals surface area contributed by atoms with E-state index in [9.17, 15) is 18.0 Å². The number of carboxylic acid groups (broad SMARTS) is 1. The summed E-state index contributed by atoms with van der Waals surface area (Å²) in [6, 6.07) is 5.41. The van der Waals surface area contributed by atoms with Gasteiger partial charge >= 0.3 is 5.97 Å². The number of amides is 1. The maximum Gasteiger partial charge on any atom is 0.327 e. The maximum atomic E-state index is 12.3. The van der Waals surface area contributed by atoms with Gasteiger partial charge in [-0.05, 0) is 17.7 Å². The zero-order chi connectivity index (χ0) is 15.6. The summed E-state index contributed by atoms with van der Waals surface area (Å²) in [5.74, 6) is -0.715. The minimum Gasteiger partial charge on any atom is -0.480 e. The number of thioether (sulfide) groups is 1. The molecule has 114 valence electrons. The Morgan fingerprint density at radius 1 is 1.33 bits per heavy atom. The average Bonchev–Trinajstić information content (AvgIpc) is 2.86. The first-order chi connectivity index (χ1) is 9.78. The van der Waals surface area contributed by atoms with Crippen LogP contribution in [0.2, 0.25) is 0 Å². The third kappa shape index (κ3) is 3.98. The van der Waals surface area contributed by atoms with E-state index >= 15 is 0 Å². The van der Waals surface area contributed by atoms with E-state index in [2.05, 4.69) is 0 Å². The minimum absolute atomic E-state index is 0.0845. The van der Waals surface area contributed by atoms with Crippen molar-refractivity contribution in [2.75, 3.05) is 17.9 Å². The number of carbonyl (C=O) groups excluding carboxylic acids is 1. The van der Waals surface area contributed by atoms with Crippen molar-refractivity contribution in [3.8, 4) is 0 Å². The van der Waals surface area contributed by atoms with Crippen LogP contribution in [0.5, 0.6) is 0 Å². The second-order valence-corrected chi connectivity index (χ2v) is 8.04. The van der Waals surface area contributed by atoms with E-state index in [0.29, 0.717) is 22.8 Å². The molecule has 1 atom stereocenters. The molecule has 1 aliphatic heterocycles. The van der Waals surface area contributed by atoms with Crippen LogP contribution in [0.3, 0.4) is 0 Å². The van der Waals surface area contributed by atoms with Crippen molar-refractivity contribution < 1.29 is 23.1 Å². The minimum atomic E-state index is -3.12. The zero-order valence-electron chi connectivity index (χ0n) is 11.4. The monoisotopic (exact) mass is 329 g/mol. The van der Waals surface area contributed by atoms with Gasteiger partial charge in [-0.15, -0.1) is 11.8 Å². The Balaban J connectivity index is 2.15. The van der Waals surface area contributed by atoms with E-state index in [-0.39, 0.29) is 11.7 Å². The Hall–Kier alpha value is -1.54. The molecular formula is C13H15NO5S2. The number of carboxylic acids is 1. The number of sulfone groups is 1. The predicted molar refractivity (Wildman–Crippen MR) is 79.9 cm³/mol. The quantitative estimate of drug-likeness (QED) is 0.880. The summed E-state index contributed by atoms with van der Waals surface area (Å²) in [5.41, 5.74) is 0.959. The molecule has 1 aromatic carbocycles. The lowest BCUT2D eigenvalue weighted by Gasteiger charge is -2.20. The van der Waals surface area contributed by atoms with Crippen LogP contribution >= 0.6 is 11.8 Å². The summed E-state index contributed by atoms with van der Waals surface area (Å²) in [5, 5.41) is 9.08. The summed E-state index contributed by atoms with van der Waals surface area (Å²) >= 11 is 1.40. The summed E-state index contributed by atoms with van der Waals surface area (Å²) in [4.78, 5) is 24.7. The SMILES string of the molecule is CS(=O)(=O)Cc1ccc(C(=O)N2CSCC2C(=O)O)cc1. The molecule has 1 heterocycles. The van der Waals surface area contributed by atoms with Crippen LogP contribution in [0.4, 0.5) is 0 Å². The molecule has 1 aliphatic rings. The lowest BCUT2D eigenvalue weighted by molar-refractivity contribution is -0.140. The Morgan fingerprint density at radius 2 is 1.95 bits per heavy atom. The highest BCUT2D eigenvalue weighted by Gasteiger charge is 2.34. The molecule has 1 saturated heterocycles. The highest BCUT2D eigenvalue weighted by Crippen LogP contribution is 2.23. The van der Waals surface area contributed by atoms with E-state index < -0.39 is 21.8 Å². The first-order valence-electron chi connectivity index (χ1n) is 6.16. The Labute approximate surface area is 127 Å². The summed E-state index contributed by atoms with van der Waals surface area (Å²) < 4.78 is 22.4. The molecule has 21 heavy (non-hydrogen) atoms. The highest BCUT2D eigenvalue weighted by atomic mass is 32.2. The second-order valence-electron chi connectivity index (χ2n) is 4.90. The van der Waals surface area contributed by atoms with E-state index in [1.165, 1.54) is 28.8 Å². The molecule has 1 unspecified atom stereocenters. The van der Waals surface area contributed by atoms with Gasteiger partial charge in [0.25, 0.3) is 5.91 Å². The number of carbonyl (C=O) groups is 2. The van der Waals surface area contributed by atoms with Crippen molar-refractivity contribution >= 4 is 33.5 Å². The third-order valence-corrected chi connectivity index (χ3v) is 4.93. The van der Waals surface area contributed by atoms with Gasteiger partial charge in [0.2, 0.25) is 0 Å². The van der Waals surface area contributed by atoms with Crippen LogP contribution < -0.4 is 0 Å². The standard InChI is InChI=1S/C13H15NO5S2/c1-21(18,19)7-9-2-4-10(5-3-9)12(15)14-8-20-6-11(14)13(16)17/h2-5,11H,6-8H2,1H3,(H,16,17). The molecule has 8 heteroatoms. The molecule has 0 radical (unpaired) electrons. The van der Waals surface area contributed by atoms with Crippen molar-refractivity contribution in [3.63, 3.8) is 0 Å². The van der Waals surface area contributed by atoms with E-state index in [0.717, 1.165) is 6.26 Å². The van der Waals surface area contributed by atoms with Crippen molar-refractivity contribution in [2.45, 2.75) is 11.8 Å². The summed E-state index contributed by atoms with van der Waals surface area (Å²) in [6.07, 6.45) is 1.14. The van der Waals surface area contributed by atoms with Crippen LogP contribution in [-0.2, 0) is 20.4 Å². The van der Waals surface area contributed by atoms with Crippen LogP contribution in [-0.4, -0.2) is 54.2 Å². The van der Waals surface area contributed by atoms with Gasteiger partial charge in [0, 0.05) is 17.6 Å². The molecule has 1 fully saturated rings. The Bertz CT molecular complexity index is 654. The molecule has 0 aromatic heterocycles. The van der Waals surface area contributed by atoms with Gasteiger partial charge in [0.05, 0.1) is 11.6 Å². The molecule has 0 saturated carbocycles. The molecule has 2 rings (SSSR count). The second kappa shape index (κ2) is 6.07. The van der Waals surface area contributed by atoms with Gasteiger partial charge in [0.1, 0.15) is 6.04 Å². The fourth-order valence-electron chi connectivity index (χ4n) is 2.06. The van der Waals surface area contributed by atoms with Gasteiger partial charge in [-0.25, -0.2) is 13.2 Å². The Kier molecular flexibility index (Phi) is 4.58. The number of benzene rings is 1. The first kappa shape index (κ1) is 15.8. The van der Waals surface area contributed by atoms with Gasteiger partial charge < -0.3 is 10.0 Å². The maximum absolute atomic E-state index is 12.3. The van der Waals surface area contributed by atoms with Gasteiger partial charge in [-0.3, -0.25) is 4.79 Å². The van der Waals surface area contributed by atoms with Crippen molar-refractivity contribution in [2.24, 2.45) is 0 Å². The zero-order valence-corrected chi connectivity index (χ0v) is 13.0. The van der Waals surface area contributed by atoms with Gasteiger partial charge in [-0.2, -0.15) is 0 Å². The highest BCUT2D eigenvalue weighted by molar-refractivity contribution is 7.99. The van der Waals surface area contributed by atoms with Gasteiger partial charge in [0.15, 0.2) is 9.84 Å². The van der Waals surface area contributed by atoms with Crippen molar-refractivity contribution in [1.82, 2.24) is 4.90 Å². The molecule has 1 aromatic rings. The normalized spacial score (nSPS) is 18.7. The number of aliphatic carboxylic acids is 1. The van der Waals surface area contributed by atoms with Crippen LogP contribution in [0, 0.1) is 0 Å². The van der Waals surface area contributed by atoms with Crippen LogP contribution in [0.1, 0.15) is 15.9 Å². The Morgan fingerprint density at radius 3 is 2.48 bits per heavy atom. The molecular weight excluding hydrogens is 314 g/mol. The average molecular weight is 329 g/mol. The molecule has 0 spiro atoms. The number of hydrogen-bond donors (Lipinski definition) is 1. The smallest absolute Gasteiger partial charge is 0.327 e. The topological polar surface area (TPSA) is 91.8 Å². The first-order valence-corrected chi connectivity index (χ1v) is 9.37. The van der Waals surface area contributed by atoms with Crippen molar-refractivity contribution in [3.05, 3.63) is 35.4 Å². The molecule has 1 N–H and O–H groups in total. The predicted octanol–water partition coefficient (Wildman–Crippen LogP) is 0.831. The fourth-order valence-corrected chi connectivity index (χ4v) is 4.00. The lowest BCUT2D eigenvalue weighted by Crippen LogP contribution is -2.41. The van der Waals surface area contributed by atoms with Gasteiger partial charge in [-0.1, -0.05) is 12.1 Å².